The molecule has 5 heteroatoms. The first-order chi connectivity index (χ1) is 9.22. The lowest BCUT2D eigenvalue weighted by atomic mass is 9.93. The van der Waals surface area contributed by atoms with Crippen LogP contribution in [0.1, 0.15) is 32.6 Å². The van der Waals surface area contributed by atoms with E-state index in [1.807, 2.05) is 11.8 Å². The van der Waals surface area contributed by atoms with E-state index in [0.29, 0.717) is 13.2 Å². The first kappa shape index (κ1) is 14.3. The number of amides is 1. The molecular formula is C14H25N2O3+. The van der Waals surface area contributed by atoms with E-state index in [4.69, 9.17) is 4.74 Å². The fraction of sp³-hybridized carbons (Fsp3) is 0.857. The molecule has 1 atom stereocenters. The van der Waals surface area contributed by atoms with Crippen molar-refractivity contribution >= 4 is 11.9 Å². The van der Waals surface area contributed by atoms with Crippen LogP contribution in [0.25, 0.3) is 0 Å². The third-order valence-corrected chi connectivity index (χ3v) is 4.14. The summed E-state index contributed by atoms with van der Waals surface area (Å²) in [4.78, 5) is 26.1. The molecule has 1 amide bonds. The van der Waals surface area contributed by atoms with Gasteiger partial charge in [-0.05, 0) is 19.8 Å². The Bertz CT molecular complexity index is 327. The summed E-state index contributed by atoms with van der Waals surface area (Å²) in [5.74, 6) is 0.165. The molecule has 2 saturated heterocycles. The molecule has 2 N–H and O–H groups in total. The van der Waals surface area contributed by atoms with Gasteiger partial charge in [-0.25, -0.2) is 0 Å². The van der Waals surface area contributed by atoms with Gasteiger partial charge in [0.15, 0.2) is 0 Å². The van der Waals surface area contributed by atoms with Gasteiger partial charge in [0.25, 0.3) is 0 Å². The number of ether oxygens (including phenoxy) is 1. The van der Waals surface area contributed by atoms with Gasteiger partial charge in [0.1, 0.15) is 0 Å². The number of hydrogen-bond acceptors (Lipinski definition) is 3. The second kappa shape index (κ2) is 6.89. The topological polar surface area (TPSA) is 63.2 Å². The van der Waals surface area contributed by atoms with Crippen molar-refractivity contribution in [1.82, 2.24) is 4.90 Å². The van der Waals surface area contributed by atoms with Crippen molar-refractivity contribution in [3.8, 4) is 0 Å². The molecule has 0 unspecified atom stereocenters. The Morgan fingerprint density at radius 1 is 1.21 bits per heavy atom. The van der Waals surface area contributed by atoms with Crippen LogP contribution in [0.2, 0.25) is 0 Å². The number of carbonyl (C=O) groups excluding carboxylic acids is 2. The van der Waals surface area contributed by atoms with Gasteiger partial charge in [-0.15, -0.1) is 0 Å². The van der Waals surface area contributed by atoms with E-state index in [-0.39, 0.29) is 23.7 Å². The van der Waals surface area contributed by atoms with Crippen molar-refractivity contribution in [1.29, 1.82) is 0 Å². The van der Waals surface area contributed by atoms with Gasteiger partial charge in [-0.3, -0.25) is 9.59 Å². The zero-order valence-electron chi connectivity index (χ0n) is 11.8. The predicted octanol–water partition coefficient (Wildman–Crippen LogP) is -0.238. The smallest absolute Gasteiger partial charge is 0.310 e. The molecule has 2 aliphatic heterocycles. The number of piperidine rings is 2. The molecule has 2 fully saturated rings. The molecule has 0 bridgehead atoms. The molecule has 19 heavy (non-hydrogen) atoms. The van der Waals surface area contributed by atoms with Crippen molar-refractivity contribution in [3.63, 3.8) is 0 Å². The molecule has 2 aliphatic rings. The van der Waals surface area contributed by atoms with Gasteiger partial charge < -0.3 is 15.0 Å². The quantitative estimate of drug-likeness (QED) is 0.719. The van der Waals surface area contributed by atoms with E-state index < -0.39 is 0 Å². The second-order valence-electron chi connectivity index (χ2n) is 5.52. The Morgan fingerprint density at radius 3 is 2.63 bits per heavy atom. The lowest BCUT2D eigenvalue weighted by Crippen LogP contribution is -2.86. The second-order valence-corrected chi connectivity index (χ2v) is 5.52. The number of quaternary nitrogens is 1. The van der Waals surface area contributed by atoms with Gasteiger partial charge >= 0.3 is 5.97 Å². The first-order valence-electron chi connectivity index (χ1n) is 7.49. The van der Waals surface area contributed by atoms with Crippen LogP contribution in [-0.2, 0) is 14.3 Å². The zero-order chi connectivity index (χ0) is 13.7. The summed E-state index contributed by atoms with van der Waals surface area (Å²) in [6.07, 6.45) is 3.70. The Hall–Kier alpha value is -1.10. The normalized spacial score (nSPS) is 25.1. The van der Waals surface area contributed by atoms with Crippen molar-refractivity contribution in [3.05, 3.63) is 0 Å². The summed E-state index contributed by atoms with van der Waals surface area (Å²) >= 11 is 0. The number of nitrogens with two attached hydrogens (primary N) is 1. The van der Waals surface area contributed by atoms with Crippen LogP contribution in [0.15, 0.2) is 0 Å². The Balaban J connectivity index is 1.89. The molecule has 2 rings (SSSR count). The van der Waals surface area contributed by atoms with Crippen molar-refractivity contribution in [2.75, 3.05) is 32.8 Å². The van der Waals surface area contributed by atoms with Gasteiger partial charge in [-0.1, -0.05) is 0 Å². The van der Waals surface area contributed by atoms with E-state index in [9.17, 15) is 9.59 Å². The molecule has 0 saturated carbocycles. The summed E-state index contributed by atoms with van der Waals surface area (Å²) in [5, 5.41) is 2.27. The Morgan fingerprint density at radius 2 is 1.95 bits per heavy atom. The number of hydrogen-bond donors (Lipinski definition) is 1. The van der Waals surface area contributed by atoms with E-state index in [1.54, 1.807) is 0 Å². The summed E-state index contributed by atoms with van der Waals surface area (Å²) in [5.41, 5.74) is 0. The van der Waals surface area contributed by atoms with E-state index in [1.165, 1.54) is 0 Å². The molecular weight excluding hydrogens is 244 g/mol. The lowest BCUT2D eigenvalue weighted by Gasteiger charge is -2.34. The SMILES string of the molecule is CCOC(=O)[C@@H]1CCCN(C(=O)C2CC[NH2+]CC2)C1. The fourth-order valence-electron chi connectivity index (χ4n) is 3.06. The molecule has 2 heterocycles. The molecule has 5 nitrogen and oxygen atoms in total. The molecule has 0 aromatic rings. The fourth-order valence-corrected chi connectivity index (χ4v) is 3.06. The highest BCUT2D eigenvalue weighted by atomic mass is 16.5. The van der Waals surface area contributed by atoms with Gasteiger partial charge in [0.05, 0.1) is 25.6 Å². The third kappa shape index (κ3) is 3.69. The summed E-state index contributed by atoms with van der Waals surface area (Å²) in [7, 11) is 0. The highest BCUT2D eigenvalue weighted by Crippen LogP contribution is 2.21. The maximum atomic E-state index is 12.4. The molecule has 0 aromatic carbocycles. The first-order valence-corrected chi connectivity index (χ1v) is 7.49. The lowest BCUT2D eigenvalue weighted by molar-refractivity contribution is -0.664. The number of likely N-dealkylation sites (tertiary alicyclic amines) is 1. The van der Waals surface area contributed by atoms with Crippen LogP contribution < -0.4 is 5.32 Å². The number of nitrogens with zero attached hydrogens (tertiary/aromatic N) is 1. The number of esters is 1. The van der Waals surface area contributed by atoms with Gasteiger partial charge in [-0.2, -0.15) is 0 Å². The molecule has 108 valence electrons. The van der Waals surface area contributed by atoms with Gasteiger partial charge in [0.2, 0.25) is 5.91 Å². The van der Waals surface area contributed by atoms with Crippen LogP contribution in [0.3, 0.4) is 0 Å². The highest BCUT2D eigenvalue weighted by Gasteiger charge is 2.33. The minimum Gasteiger partial charge on any atom is -0.466 e. The minimum absolute atomic E-state index is 0.118. The average molecular weight is 269 g/mol. The Labute approximate surface area is 114 Å². The van der Waals surface area contributed by atoms with Crippen LogP contribution in [0, 0.1) is 11.8 Å². The molecule has 0 spiro atoms. The van der Waals surface area contributed by atoms with Crippen molar-refractivity contribution in [2.45, 2.75) is 32.6 Å². The zero-order valence-corrected chi connectivity index (χ0v) is 11.8. The summed E-state index contributed by atoms with van der Waals surface area (Å²) in [6, 6.07) is 0. The maximum absolute atomic E-state index is 12.4. The number of rotatable bonds is 3. The largest absolute Gasteiger partial charge is 0.466 e. The highest BCUT2D eigenvalue weighted by molar-refractivity contribution is 5.80. The Kier molecular flexibility index (Phi) is 5.19. The summed E-state index contributed by atoms with van der Waals surface area (Å²) in [6.45, 7) is 5.69. The van der Waals surface area contributed by atoms with Crippen LogP contribution in [0.4, 0.5) is 0 Å². The summed E-state index contributed by atoms with van der Waals surface area (Å²) < 4.78 is 5.07. The van der Waals surface area contributed by atoms with Crippen molar-refractivity contribution < 1.29 is 19.6 Å². The van der Waals surface area contributed by atoms with E-state index >= 15 is 0 Å². The standard InChI is InChI=1S/C14H24N2O3/c1-2-19-14(18)12-4-3-9-16(10-12)13(17)11-5-7-15-8-6-11/h11-12,15H,2-10H2,1H3/p+1/t12-/m1/s1. The van der Waals surface area contributed by atoms with Crippen LogP contribution >= 0.6 is 0 Å². The van der Waals surface area contributed by atoms with Gasteiger partial charge in [0, 0.05) is 31.8 Å². The molecule has 0 radical (unpaired) electrons. The monoisotopic (exact) mass is 269 g/mol. The van der Waals surface area contributed by atoms with Crippen molar-refractivity contribution in [2.24, 2.45) is 11.8 Å². The van der Waals surface area contributed by atoms with Crippen LogP contribution in [0.5, 0.6) is 0 Å². The number of carbonyl (C=O) groups is 2. The third-order valence-electron chi connectivity index (χ3n) is 4.14. The molecule has 0 aliphatic carbocycles. The van der Waals surface area contributed by atoms with E-state index in [0.717, 1.165) is 45.3 Å². The van der Waals surface area contributed by atoms with Crippen LogP contribution in [-0.4, -0.2) is 49.6 Å². The predicted molar refractivity (Wildman–Crippen MR) is 70.3 cm³/mol. The average Bonchev–Trinajstić information content (AvgIpc) is 2.48. The molecule has 0 aromatic heterocycles. The maximum Gasteiger partial charge on any atom is 0.310 e. The van der Waals surface area contributed by atoms with E-state index in [2.05, 4.69) is 5.32 Å². The minimum atomic E-state index is -0.142.